The summed E-state index contributed by atoms with van der Waals surface area (Å²) in [5.74, 6) is 0.353. The van der Waals surface area contributed by atoms with Gasteiger partial charge >= 0.3 is 0 Å². The lowest BCUT2D eigenvalue weighted by molar-refractivity contribution is -0.124. The van der Waals surface area contributed by atoms with Gasteiger partial charge in [0.1, 0.15) is 0 Å². The Labute approximate surface area is 130 Å². The summed E-state index contributed by atoms with van der Waals surface area (Å²) in [6, 6.07) is 8.02. The summed E-state index contributed by atoms with van der Waals surface area (Å²) in [6.07, 6.45) is 3.26. The van der Waals surface area contributed by atoms with Gasteiger partial charge in [-0.25, -0.2) is 0 Å². The monoisotopic (exact) mass is 314 g/mol. The Morgan fingerprint density at radius 3 is 2.60 bits per heavy atom. The van der Waals surface area contributed by atoms with Crippen LogP contribution in [0.4, 0.5) is 0 Å². The minimum atomic E-state index is 0. The molecule has 20 heavy (non-hydrogen) atoms. The van der Waals surface area contributed by atoms with Crippen molar-refractivity contribution < 1.29 is 4.79 Å². The van der Waals surface area contributed by atoms with E-state index in [1.807, 2.05) is 12.1 Å². The highest BCUT2D eigenvalue weighted by Crippen LogP contribution is 2.47. The van der Waals surface area contributed by atoms with E-state index in [-0.39, 0.29) is 29.6 Å². The molecule has 1 aliphatic heterocycles. The third-order valence-corrected chi connectivity index (χ3v) is 4.59. The molecule has 1 saturated carbocycles. The van der Waals surface area contributed by atoms with Gasteiger partial charge in [-0.3, -0.25) is 4.79 Å². The van der Waals surface area contributed by atoms with Crippen molar-refractivity contribution in [1.29, 1.82) is 0 Å². The molecule has 0 spiro atoms. The van der Waals surface area contributed by atoms with Crippen LogP contribution in [0, 0.1) is 5.92 Å². The molecule has 1 saturated heterocycles. The van der Waals surface area contributed by atoms with Crippen molar-refractivity contribution in [2.45, 2.75) is 24.7 Å². The van der Waals surface area contributed by atoms with Crippen LogP contribution in [0.2, 0.25) is 5.02 Å². The number of halogens is 2. The van der Waals surface area contributed by atoms with Gasteiger partial charge in [0, 0.05) is 23.5 Å². The molecule has 5 heteroatoms. The largest absolute Gasteiger partial charge is 0.355 e. The quantitative estimate of drug-likeness (QED) is 0.896. The predicted molar refractivity (Wildman–Crippen MR) is 83.6 cm³/mol. The number of carbonyl (C=O) groups excluding carboxylic acids is 1. The molecular weight excluding hydrogens is 295 g/mol. The Hall–Kier alpha value is -0.770. The Morgan fingerprint density at radius 2 is 2.05 bits per heavy atom. The standard InChI is InChI=1S/C15H19ClN2O.ClH/c16-13-3-1-12(2-4-13)15(6-7-15)10-18-14(19)11-5-8-17-9-11;/h1-4,11,17H,5-10H2,(H,18,19);1H. The van der Waals surface area contributed by atoms with Gasteiger partial charge in [-0.1, -0.05) is 23.7 Å². The summed E-state index contributed by atoms with van der Waals surface area (Å²) in [5.41, 5.74) is 1.45. The maximum absolute atomic E-state index is 12.0. The molecule has 1 atom stereocenters. The number of rotatable bonds is 4. The molecule has 1 amide bonds. The van der Waals surface area contributed by atoms with Crippen LogP contribution in [-0.4, -0.2) is 25.5 Å². The highest BCUT2D eigenvalue weighted by atomic mass is 35.5. The first-order valence-electron chi connectivity index (χ1n) is 6.94. The zero-order chi connectivity index (χ0) is 13.3. The van der Waals surface area contributed by atoms with Gasteiger partial charge in [0.05, 0.1) is 5.92 Å². The Kier molecular flexibility index (Phi) is 4.95. The van der Waals surface area contributed by atoms with Gasteiger partial charge in [0.15, 0.2) is 0 Å². The fourth-order valence-corrected chi connectivity index (χ4v) is 2.93. The van der Waals surface area contributed by atoms with Crippen molar-refractivity contribution in [3.05, 3.63) is 34.9 Å². The average molecular weight is 315 g/mol. The first-order chi connectivity index (χ1) is 9.20. The molecule has 0 bridgehead atoms. The number of amides is 1. The smallest absolute Gasteiger partial charge is 0.224 e. The van der Waals surface area contributed by atoms with Gasteiger partial charge in [-0.05, 0) is 43.5 Å². The number of hydrogen-bond acceptors (Lipinski definition) is 2. The van der Waals surface area contributed by atoms with E-state index in [0.29, 0.717) is 0 Å². The molecule has 1 unspecified atom stereocenters. The fourth-order valence-electron chi connectivity index (χ4n) is 2.80. The molecule has 110 valence electrons. The van der Waals surface area contributed by atoms with E-state index in [1.54, 1.807) is 0 Å². The molecule has 0 radical (unpaired) electrons. The van der Waals surface area contributed by atoms with E-state index in [2.05, 4.69) is 22.8 Å². The van der Waals surface area contributed by atoms with Gasteiger partial charge in [0.25, 0.3) is 0 Å². The lowest BCUT2D eigenvalue weighted by Gasteiger charge is -2.18. The Morgan fingerprint density at radius 1 is 1.35 bits per heavy atom. The molecule has 2 aliphatic rings. The molecular formula is C15H20Cl2N2O. The van der Waals surface area contributed by atoms with E-state index >= 15 is 0 Å². The maximum atomic E-state index is 12.0. The normalized spacial score (nSPS) is 22.9. The average Bonchev–Trinajstić information content (AvgIpc) is 3.01. The van der Waals surface area contributed by atoms with Crippen molar-refractivity contribution in [3.8, 4) is 0 Å². The summed E-state index contributed by atoms with van der Waals surface area (Å²) in [5, 5.41) is 7.12. The highest BCUT2D eigenvalue weighted by molar-refractivity contribution is 6.30. The predicted octanol–water partition coefficient (Wildman–Crippen LogP) is 2.52. The van der Waals surface area contributed by atoms with Crippen molar-refractivity contribution in [2.24, 2.45) is 5.92 Å². The lowest BCUT2D eigenvalue weighted by Crippen LogP contribution is -2.37. The Balaban J connectivity index is 0.00000147. The molecule has 3 rings (SSSR count). The molecule has 2 N–H and O–H groups in total. The highest BCUT2D eigenvalue weighted by Gasteiger charge is 2.44. The summed E-state index contributed by atoms with van der Waals surface area (Å²) in [6.45, 7) is 2.53. The second-order valence-corrected chi connectivity index (χ2v) is 6.13. The zero-order valence-electron chi connectivity index (χ0n) is 11.3. The first-order valence-corrected chi connectivity index (χ1v) is 7.32. The number of benzene rings is 1. The molecule has 1 heterocycles. The lowest BCUT2D eigenvalue weighted by atomic mass is 9.95. The molecule has 1 aliphatic carbocycles. The van der Waals surface area contributed by atoms with Gasteiger partial charge < -0.3 is 10.6 Å². The van der Waals surface area contributed by atoms with E-state index in [9.17, 15) is 4.79 Å². The van der Waals surface area contributed by atoms with Crippen LogP contribution in [-0.2, 0) is 10.2 Å². The topological polar surface area (TPSA) is 41.1 Å². The minimum Gasteiger partial charge on any atom is -0.355 e. The van der Waals surface area contributed by atoms with Crippen molar-refractivity contribution in [1.82, 2.24) is 10.6 Å². The van der Waals surface area contributed by atoms with Crippen LogP contribution in [0.25, 0.3) is 0 Å². The van der Waals surface area contributed by atoms with Gasteiger partial charge in [-0.15, -0.1) is 12.4 Å². The van der Waals surface area contributed by atoms with E-state index in [1.165, 1.54) is 5.56 Å². The third-order valence-electron chi connectivity index (χ3n) is 4.34. The van der Waals surface area contributed by atoms with Gasteiger partial charge in [0.2, 0.25) is 5.91 Å². The number of nitrogens with one attached hydrogen (secondary N) is 2. The Bertz CT molecular complexity index is 465. The van der Waals surface area contributed by atoms with E-state index in [4.69, 9.17) is 11.6 Å². The van der Waals surface area contributed by atoms with Crippen LogP contribution < -0.4 is 10.6 Å². The fraction of sp³-hybridized carbons (Fsp3) is 0.533. The van der Waals surface area contributed by atoms with Crippen LogP contribution >= 0.6 is 24.0 Å². The first kappa shape index (κ1) is 15.6. The summed E-state index contributed by atoms with van der Waals surface area (Å²) >= 11 is 5.92. The van der Waals surface area contributed by atoms with Crippen LogP contribution in [0.15, 0.2) is 24.3 Å². The number of carbonyl (C=O) groups is 1. The maximum Gasteiger partial charge on any atom is 0.224 e. The zero-order valence-corrected chi connectivity index (χ0v) is 12.9. The van der Waals surface area contributed by atoms with Crippen molar-refractivity contribution >= 4 is 29.9 Å². The molecule has 1 aromatic carbocycles. The van der Waals surface area contributed by atoms with Crippen LogP contribution in [0.1, 0.15) is 24.8 Å². The van der Waals surface area contributed by atoms with Gasteiger partial charge in [-0.2, -0.15) is 0 Å². The second-order valence-electron chi connectivity index (χ2n) is 5.69. The van der Waals surface area contributed by atoms with Crippen molar-refractivity contribution in [3.63, 3.8) is 0 Å². The molecule has 1 aromatic rings. The van der Waals surface area contributed by atoms with Crippen LogP contribution in [0.3, 0.4) is 0 Å². The minimum absolute atomic E-state index is 0. The van der Waals surface area contributed by atoms with E-state index in [0.717, 1.165) is 43.9 Å². The molecule has 3 nitrogen and oxygen atoms in total. The van der Waals surface area contributed by atoms with Crippen molar-refractivity contribution in [2.75, 3.05) is 19.6 Å². The second kappa shape index (κ2) is 6.33. The summed E-state index contributed by atoms with van der Waals surface area (Å²) in [7, 11) is 0. The summed E-state index contributed by atoms with van der Waals surface area (Å²) in [4.78, 5) is 12.0. The SMILES string of the molecule is Cl.O=C(NCC1(c2ccc(Cl)cc2)CC1)C1CCNC1. The number of hydrogen-bond donors (Lipinski definition) is 2. The third kappa shape index (κ3) is 3.27. The van der Waals surface area contributed by atoms with Crippen LogP contribution in [0.5, 0.6) is 0 Å². The molecule has 2 fully saturated rings. The molecule has 0 aromatic heterocycles. The summed E-state index contributed by atoms with van der Waals surface area (Å²) < 4.78 is 0. The van der Waals surface area contributed by atoms with E-state index < -0.39 is 0 Å².